The minimum absolute atomic E-state index is 0.103. The molecule has 3 unspecified atom stereocenters. The SMILES string of the molecule is CCCCCCCCCCCC(=O)OC[C@H](COP(=O)(O)OC[C@H](O)COP(=O)(O)OC[C@@H](COC(=O)CCCCCCCCCC(C)C)OC(=O)CCCCCCCCCCCCC(C)CC)OC(=O)CCCCCCCCCC(C)C. The Hall–Kier alpha value is -1.94. The van der Waals surface area contributed by atoms with Gasteiger partial charge in [-0.2, -0.15) is 0 Å². The van der Waals surface area contributed by atoms with Gasteiger partial charge in [-0.15, -0.1) is 0 Å². The molecule has 492 valence electrons. The molecule has 6 atom stereocenters. The summed E-state index contributed by atoms with van der Waals surface area (Å²) in [6, 6.07) is 0. The Bertz CT molecular complexity index is 1650. The fourth-order valence-electron chi connectivity index (χ4n) is 9.45. The van der Waals surface area contributed by atoms with Gasteiger partial charge < -0.3 is 33.8 Å². The third-order valence-electron chi connectivity index (χ3n) is 15.0. The van der Waals surface area contributed by atoms with Crippen LogP contribution in [0.1, 0.15) is 312 Å². The molecule has 0 aliphatic heterocycles. The summed E-state index contributed by atoms with van der Waals surface area (Å²) in [5, 5.41) is 10.5. The number of carbonyl (C=O) groups excluding carboxylic acids is 4. The van der Waals surface area contributed by atoms with E-state index in [9.17, 15) is 43.2 Å². The molecule has 0 bridgehead atoms. The van der Waals surface area contributed by atoms with Crippen molar-refractivity contribution in [1.29, 1.82) is 0 Å². The Morgan fingerprint density at radius 3 is 0.916 bits per heavy atom. The van der Waals surface area contributed by atoms with Gasteiger partial charge in [-0.05, 0) is 43.4 Å². The first-order valence-electron chi connectivity index (χ1n) is 33.4. The van der Waals surface area contributed by atoms with Crippen LogP contribution in [0.3, 0.4) is 0 Å². The molecule has 0 aromatic heterocycles. The summed E-state index contributed by atoms with van der Waals surface area (Å²) in [6.45, 7) is 11.7. The van der Waals surface area contributed by atoms with Gasteiger partial charge >= 0.3 is 39.5 Å². The van der Waals surface area contributed by atoms with Crippen molar-refractivity contribution < 1.29 is 80.2 Å². The number of phosphoric ester groups is 2. The van der Waals surface area contributed by atoms with Crippen LogP contribution in [-0.4, -0.2) is 96.7 Å². The molecule has 0 aliphatic rings. The Balaban J connectivity index is 5.24. The van der Waals surface area contributed by atoms with E-state index in [-0.39, 0.29) is 25.7 Å². The van der Waals surface area contributed by atoms with Crippen LogP contribution >= 0.6 is 15.6 Å². The minimum atomic E-state index is -4.94. The molecule has 0 aromatic rings. The number of aliphatic hydroxyl groups is 1. The van der Waals surface area contributed by atoms with Crippen molar-refractivity contribution in [2.24, 2.45) is 17.8 Å². The van der Waals surface area contributed by atoms with E-state index in [1.165, 1.54) is 116 Å². The second-order valence-corrected chi connectivity index (χ2v) is 27.3. The van der Waals surface area contributed by atoms with Crippen LogP contribution in [0, 0.1) is 17.8 Å². The first-order chi connectivity index (χ1) is 39.8. The van der Waals surface area contributed by atoms with E-state index in [0.717, 1.165) is 102 Å². The predicted molar refractivity (Wildman–Crippen MR) is 331 cm³/mol. The molecular weight excluding hydrogens is 1100 g/mol. The Kier molecular flexibility index (Phi) is 54.1. The zero-order valence-corrected chi connectivity index (χ0v) is 55.4. The van der Waals surface area contributed by atoms with Gasteiger partial charge in [0, 0.05) is 25.7 Å². The molecule has 0 saturated heterocycles. The molecule has 0 aromatic carbocycles. The van der Waals surface area contributed by atoms with Crippen molar-refractivity contribution >= 4 is 39.5 Å². The van der Waals surface area contributed by atoms with Crippen LogP contribution in [0.4, 0.5) is 0 Å². The van der Waals surface area contributed by atoms with Gasteiger partial charge in [0.15, 0.2) is 12.2 Å². The molecular formula is C64H124O17P2. The van der Waals surface area contributed by atoms with E-state index in [2.05, 4.69) is 48.5 Å². The summed E-state index contributed by atoms with van der Waals surface area (Å²) >= 11 is 0. The molecule has 0 rings (SSSR count). The van der Waals surface area contributed by atoms with Gasteiger partial charge in [-0.1, -0.05) is 260 Å². The Labute approximate surface area is 505 Å². The highest BCUT2D eigenvalue weighted by Crippen LogP contribution is 2.45. The van der Waals surface area contributed by atoms with Crippen molar-refractivity contribution in [3.63, 3.8) is 0 Å². The van der Waals surface area contributed by atoms with Crippen LogP contribution in [-0.2, 0) is 65.4 Å². The van der Waals surface area contributed by atoms with Gasteiger partial charge in [0.2, 0.25) is 0 Å². The maximum atomic E-state index is 13.0. The summed E-state index contributed by atoms with van der Waals surface area (Å²) in [6.07, 6.45) is 36.3. The fourth-order valence-corrected chi connectivity index (χ4v) is 11.0. The van der Waals surface area contributed by atoms with Crippen LogP contribution in [0.25, 0.3) is 0 Å². The molecule has 0 aliphatic carbocycles. The molecule has 0 fully saturated rings. The number of unbranched alkanes of at least 4 members (excludes halogenated alkanes) is 29. The van der Waals surface area contributed by atoms with Gasteiger partial charge in [0.1, 0.15) is 19.3 Å². The van der Waals surface area contributed by atoms with E-state index >= 15 is 0 Å². The molecule has 0 amide bonds. The number of aliphatic hydroxyl groups excluding tert-OH is 1. The van der Waals surface area contributed by atoms with Crippen molar-refractivity contribution in [2.45, 2.75) is 330 Å². The van der Waals surface area contributed by atoms with Crippen molar-refractivity contribution in [3.8, 4) is 0 Å². The van der Waals surface area contributed by atoms with E-state index in [1.807, 2.05) is 0 Å². The standard InChI is InChI=1S/C64H124O17P2/c1-8-10-11-12-13-16-24-31-38-45-61(66)74-51-60(81-64(69)48-41-34-27-20-22-29-36-43-56(5)6)54-79-83(72,73)77-50-58(65)49-76-82(70,71)78-53-59(52-75-62(67)46-39-32-26-19-21-28-35-42-55(3)4)80-63(68)47-40-33-25-18-15-14-17-23-30-37-44-57(7)9-2/h55-60,65H,8-54H2,1-7H3,(H,70,71)(H,72,73)/t57?,58-,59-,60-/m1/s1. The lowest BCUT2D eigenvalue weighted by atomic mass is 9.99. The lowest BCUT2D eigenvalue weighted by Gasteiger charge is -2.21. The van der Waals surface area contributed by atoms with E-state index in [4.69, 9.17) is 37.0 Å². The average Bonchev–Trinajstić information content (AvgIpc) is 3.44. The van der Waals surface area contributed by atoms with Crippen molar-refractivity contribution in [2.75, 3.05) is 39.6 Å². The number of rotatable bonds is 62. The third kappa shape index (κ3) is 57.6. The normalized spacial score (nSPS) is 14.7. The van der Waals surface area contributed by atoms with Gasteiger partial charge in [-0.25, -0.2) is 9.13 Å². The van der Waals surface area contributed by atoms with E-state index in [1.54, 1.807) is 0 Å². The zero-order valence-electron chi connectivity index (χ0n) is 53.6. The van der Waals surface area contributed by atoms with Gasteiger partial charge in [-0.3, -0.25) is 37.3 Å². The molecule has 0 radical (unpaired) electrons. The number of esters is 4. The lowest BCUT2D eigenvalue weighted by molar-refractivity contribution is -0.161. The molecule has 17 nitrogen and oxygen atoms in total. The van der Waals surface area contributed by atoms with Gasteiger partial charge in [0.05, 0.1) is 26.4 Å². The summed E-state index contributed by atoms with van der Waals surface area (Å²) < 4.78 is 68.0. The zero-order chi connectivity index (χ0) is 61.7. The van der Waals surface area contributed by atoms with Crippen LogP contribution < -0.4 is 0 Å². The van der Waals surface area contributed by atoms with Crippen LogP contribution in [0.15, 0.2) is 0 Å². The summed E-state index contributed by atoms with van der Waals surface area (Å²) in [4.78, 5) is 72.2. The highest BCUT2D eigenvalue weighted by molar-refractivity contribution is 7.47. The lowest BCUT2D eigenvalue weighted by Crippen LogP contribution is -2.30. The second-order valence-electron chi connectivity index (χ2n) is 24.3. The summed E-state index contributed by atoms with van der Waals surface area (Å²) in [5.74, 6) is 0.0648. The molecule has 0 heterocycles. The number of hydrogen-bond acceptors (Lipinski definition) is 15. The largest absolute Gasteiger partial charge is 0.472 e. The quantitative estimate of drug-likeness (QED) is 0.0222. The number of hydrogen-bond donors (Lipinski definition) is 3. The molecule has 83 heavy (non-hydrogen) atoms. The number of carbonyl (C=O) groups is 4. The van der Waals surface area contributed by atoms with E-state index in [0.29, 0.717) is 37.5 Å². The van der Waals surface area contributed by atoms with Crippen molar-refractivity contribution in [3.05, 3.63) is 0 Å². The minimum Gasteiger partial charge on any atom is -0.462 e. The Morgan fingerprint density at radius 2 is 0.614 bits per heavy atom. The van der Waals surface area contributed by atoms with E-state index < -0.39 is 97.5 Å². The maximum absolute atomic E-state index is 13.0. The highest BCUT2D eigenvalue weighted by atomic mass is 31.2. The maximum Gasteiger partial charge on any atom is 0.472 e. The van der Waals surface area contributed by atoms with Gasteiger partial charge in [0.25, 0.3) is 0 Å². The molecule has 3 N–H and O–H groups in total. The third-order valence-corrected chi connectivity index (χ3v) is 16.9. The summed E-state index contributed by atoms with van der Waals surface area (Å²) in [7, 11) is -9.89. The van der Waals surface area contributed by atoms with Crippen LogP contribution in [0.2, 0.25) is 0 Å². The highest BCUT2D eigenvalue weighted by Gasteiger charge is 2.30. The summed E-state index contributed by atoms with van der Waals surface area (Å²) in [5.41, 5.74) is 0. The molecule has 0 spiro atoms. The fraction of sp³-hybridized carbons (Fsp3) is 0.938. The monoisotopic (exact) mass is 1230 g/mol. The Morgan fingerprint density at radius 1 is 0.349 bits per heavy atom. The number of ether oxygens (including phenoxy) is 4. The first-order valence-corrected chi connectivity index (χ1v) is 36.4. The smallest absolute Gasteiger partial charge is 0.462 e. The molecule has 0 saturated carbocycles. The van der Waals surface area contributed by atoms with Crippen molar-refractivity contribution in [1.82, 2.24) is 0 Å². The number of phosphoric acid groups is 2. The topological polar surface area (TPSA) is 237 Å². The second kappa shape index (κ2) is 55.4. The molecule has 19 heteroatoms. The predicted octanol–water partition coefficient (Wildman–Crippen LogP) is 17.5. The average molecular weight is 1230 g/mol. The van der Waals surface area contributed by atoms with Crippen LogP contribution in [0.5, 0.6) is 0 Å². The first kappa shape index (κ1) is 81.1.